The highest BCUT2D eigenvalue weighted by Crippen LogP contribution is 2.29. The van der Waals surface area contributed by atoms with Crippen LogP contribution < -0.4 is 4.74 Å². The maximum Gasteiger partial charge on any atom is 0.226 e. The number of hydrogen-bond acceptors (Lipinski definition) is 5. The maximum atomic E-state index is 10.7. The average Bonchev–Trinajstić information content (AvgIpc) is 3.01. The number of aldehydes is 1. The minimum absolute atomic E-state index is 0.297. The van der Waals surface area contributed by atoms with E-state index in [0.717, 1.165) is 34.4 Å². The first-order valence-electron chi connectivity index (χ1n) is 8.43. The highest BCUT2D eigenvalue weighted by Gasteiger charge is 2.14. The SMILES string of the molecule is Cc1cc(-c2nc(CCOc3ccc(C=O)cc3)c(C)o2)cc(C)c1O. The van der Waals surface area contributed by atoms with Crippen molar-refractivity contribution in [1.82, 2.24) is 4.98 Å². The summed E-state index contributed by atoms with van der Waals surface area (Å²) in [6.45, 7) is 6.05. The third-order valence-corrected chi connectivity index (χ3v) is 4.25. The molecule has 5 nitrogen and oxygen atoms in total. The lowest BCUT2D eigenvalue weighted by molar-refractivity contribution is 0.112. The minimum atomic E-state index is 0.297. The maximum absolute atomic E-state index is 10.7. The van der Waals surface area contributed by atoms with Crippen molar-refractivity contribution in [3.63, 3.8) is 0 Å². The van der Waals surface area contributed by atoms with Gasteiger partial charge in [-0.3, -0.25) is 4.79 Å². The Labute approximate surface area is 152 Å². The normalized spacial score (nSPS) is 10.7. The molecule has 3 rings (SSSR count). The van der Waals surface area contributed by atoms with Gasteiger partial charge in [0.1, 0.15) is 23.5 Å². The van der Waals surface area contributed by atoms with Gasteiger partial charge in [-0.1, -0.05) is 0 Å². The van der Waals surface area contributed by atoms with Gasteiger partial charge in [0.25, 0.3) is 0 Å². The Hall–Kier alpha value is -3.08. The van der Waals surface area contributed by atoms with Crippen molar-refractivity contribution in [2.24, 2.45) is 0 Å². The van der Waals surface area contributed by atoms with Crippen molar-refractivity contribution >= 4 is 6.29 Å². The largest absolute Gasteiger partial charge is 0.507 e. The zero-order chi connectivity index (χ0) is 18.7. The third kappa shape index (κ3) is 3.77. The standard InChI is InChI=1S/C21H21NO4/c1-13-10-17(11-14(2)20(13)24)21-22-19(15(3)26-21)8-9-25-18-6-4-16(12-23)5-7-18/h4-7,10-12,24H,8-9H2,1-3H3. The second kappa shape index (κ2) is 7.44. The molecule has 1 aromatic heterocycles. The van der Waals surface area contributed by atoms with Crippen LogP contribution in [0.1, 0.15) is 32.9 Å². The molecule has 0 saturated heterocycles. The van der Waals surface area contributed by atoms with Gasteiger partial charge in [-0.2, -0.15) is 0 Å². The number of aromatic nitrogens is 1. The molecule has 0 atom stereocenters. The number of phenolic OH excluding ortho intramolecular Hbond substituents is 1. The first-order valence-corrected chi connectivity index (χ1v) is 8.43. The van der Waals surface area contributed by atoms with Crippen LogP contribution in [-0.2, 0) is 6.42 Å². The first-order chi connectivity index (χ1) is 12.5. The molecule has 0 radical (unpaired) electrons. The van der Waals surface area contributed by atoms with Crippen LogP contribution in [0.5, 0.6) is 11.5 Å². The fourth-order valence-corrected chi connectivity index (χ4v) is 2.77. The molecule has 5 heteroatoms. The van der Waals surface area contributed by atoms with E-state index in [9.17, 15) is 9.90 Å². The molecule has 0 aliphatic heterocycles. The summed E-state index contributed by atoms with van der Waals surface area (Å²) in [5.41, 5.74) is 3.89. The van der Waals surface area contributed by atoms with E-state index < -0.39 is 0 Å². The first kappa shape index (κ1) is 17.7. The summed E-state index contributed by atoms with van der Waals surface area (Å²) in [4.78, 5) is 15.2. The Bertz CT molecular complexity index is 903. The van der Waals surface area contributed by atoms with Gasteiger partial charge in [0, 0.05) is 17.5 Å². The van der Waals surface area contributed by atoms with E-state index in [1.54, 1.807) is 24.3 Å². The quantitative estimate of drug-likeness (QED) is 0.666. The van der Waals surface area contributed by atoms with Crippen LogP contribution in [0.25, 0.3) is 11.5 Å². The fraction of sp³-hybridized carbons (Fsp3) is 0.238. The third-order valence-electron chi connectivity index (χ3n) is 4.25. The van der Waals surface area contributed by atoms with Gasteiger partial charge in [0.15, 0.2) is 0 Å². The van der Waals surface area contributed by atoms with Gasteiger partial charge in [-0.05, 0) is 68.3 Å². The van der Waals surface area contributed by atoms with Crippen molar-refractivity contribution in [3.05, 3.63) is 64.5 Å². The molecule has 1 N–H and O–H groups in total. The van der Waals surface area contributed by atoms with Crippen molar-refractivity contribution in [1.29, 1.82) is 0 Å². The zero-order valence-electron chi connectivity index (χ0n) is 15.1. The number of carbonyl (C=O) groups is 1. The second-order valence-electron chi connectivity index (χ2n) is 6.27. The Morgan fingerprint density at radius 1 is 1.12 bits per heavy atom. The molecular formula is C21H21NO4. The van der Waals surface area contributed by atoms with Crippen molar-refractivity contribution in [3.8, 4) is 23.0 Å². The number of hydrogen-bond donors (Lipinski definition) is 1. The lowest BCUT2D eigenvalue weighted by Gasteiger charge is -2.05. The number of aromatic hydroxyl groups is 1. The van der Waals surface area contributed by atoms with E-state index in [4.69, 9.17) is 9.15 Å². The molecule has 0 aliphatic carbocycles. The molecule has 134 valence electrons. The van der Waals surface area contributed by atoms with Gasteiger partial charge in [0.05, 0.1) is 12.3 Å². The molecule has 0 unspecified atom stereocenters. The molecule has 0 aliphatic rings. The molecule has 26 heavy (non-hydrogen) atoms. The molecule has 0 saturated carbocycles. The molecule has 0 amide bonds. The molecule has 0 bridgehead atoms. The topological polar surface area (TPSA) is 72.6 Å². The number of carbonyl (C=O) groups excluding carboxylic acids is 1. The molecule has 2 aromatic carbocycles. The Morgan fingerprint density at radius 3 is 2.38 bits per heavy atom. The Balaban J connectivity index is 1.69. The van der Waals surface area contributed by atoms with Crippen LogP contribution in [0.4, 0.5) is 0 Å². The number of rotatable bonds is 6. The van der Waals surface area contributed by atoms with E-state index in [0.29, 0.717) is 36.0 Å². The van der Waals surface area contributed by atoms with E-state index in [-0.39, 0.29) is 0 Å². The summed E-state index contributed by atoms with van der Waals surface area (Å²) in [6, 6.07) is 10.7. The smallest absolute Gasteiger partial charge is 0.226 e. The Kier molecular flexibility index (Phi) is 5.07. The van der Waals surface area contributed by atoms with Crippen LogP contribution in [0.2, 0.25) is 0 Å². The number of benzene rings is 2. The minimum Gasteiger partial charge on any atom is -0.507 e. The van der Waals surface area contributed by atoms with Gasteiger partial charge in [0.2, 0.25) is 5.89 Å². The summed E-state index contributed by atoms with van der Waals surface area (Å²) >= 11 is 0. The molecule has 0 spiro atoms. The molecular weight excluding hydrogens is 330 g/mol. The summed E-state index contributed by atoms with van der Waals surface area (Å²) in [6.07, 6.45) is 1.41. The molecule has 1 heterocycles. The van der Waals surface area contributed by atoms with Gasteiger partial charge in [-0.15, -0.1) is 0 Å². The molecule has 3 aromatic rings. The van der Waals surface area contributed by atoms with E-state index in [2.05, 4.69) is 4.98 Å². The number of oxazole rings is 1. The monoisotopic (exact) mass is 351 g/mol. The second-order valence-corrected chi connectivity index (χ2v) is 6.27. The van der Waals surface area contributed by atoms with Crippen LogP contribution in [0, 0.1) is 20.8 Å². The van der Waals surface area contributed by atoms with E-state index in [1.807, 2.05) is 32.9 Å². The van der Waals surface area contributed by atoms with Gasteiger partial charge in [-0.25, -0.2) is 4.98 Å². The lowest BCUT2D eigenvalue weighted by atomic mass is 10.1. The number of phenols is 1. The summed E-state index contributed by atoms with van der Waals surface area (Å²) < 4.78 is 11.5. The number of nitrogens with zero attached hydrogens (tertiary/aromatic N) is 1. The summed E-state index contributed by atoms with van der Waals surface area (Å²) in [7, 11) is 0. The lowest BCUT2D eigenvalue weighted by Crippen LogP contribution is -2.02. The van der Waals surface area contributed by atoms with Crippen LogP contribution in [-0.4, -0.2) is 23.0 Å². The number of aryl methyl sites for hydroxylation is 3. The van der Waals surface area contributed by atoms with Gasteiger partial charge < -0.3 is 14.3 Å². The number of ether oxygens (including phenoxy) is 1. The van der Waals surface area contributed by atoms with Crippen LogP contribution in [0.3, 0.4) is 0 Å². The predicted molar refractivity (Wildman–Crippen MR) is 98.8 cm³/mol. The fourth-order valence-electron chi connectivity index (χ4n) is 2.77. The average molecular weight is 351 g/mol. The van der Waals surface area contributed by atoms with Gasteiger partial charge >= 0.3 is 0 Å². The Morgan fingerprint density at radius 2 is 1.77 bits per heavy atom. The highest BCUT2D eigenvalue weighted by molar-refractivity contribution is 5.74. The molecule has 0 fully saturated rings. The van der Waals surface area contributed by atoms with Crippen LogP contribution >= 0.6 is 0 Å². The van der Waals surface area contributed by atoms with Crippen molar-refractivity contribution in [2.45, 2.75) is 27.2 Å². The zero-order valence-corrected chi connectivity index (χ0v) is 15.1. The summed E-state index contributed by atoms with van der Waals surface area (Å²) in [5.74, 6) is 2.30. The van der Waals surface area contributed by atoms with E-state index >= 15 is 0 Å². The van der Waals surface area contributed by atoms with Crippen LogP contribution in [0.15, 0.2) is 40.8 Å². The van der Waals surface area contributed by atoms with Crippen molar-refractivity contribution < 1.29 is 19.1 Å². The highest BCUT2D eigenvalue weighted by atomic mass is 16.5. The van der Waals surface area contributed by atoms with Crippen molar-refractivity contribution in [2.75, 3.05) is 6.61 Å². The predicted octanol–water partition coefficient (Wildman–Crippen LogP) is 4.41. The summed E-state index contributed by atoms with van der Waals surface area (Å²) in [5, 5.41) is 9.91. The van der Waals surface area contributed by atoms with E-state index in [1.165, 1.54) is 0 Å².